The van der Waals surface area contributed by atoms with E-state index < -0.39 is 0 Å². The zero-order valence-electron chi connectivity index (χ0n) is 14.0. The Morgan fingerprint density at radius 1 is 1.32 bits per heavy atom. The van der Waals surface area contributed by atoms with Crippen LogP contribution in [0.25, 0.3) is 11.6 Å². The van der Waals surface area contributed by atoms with Crippen molar-refractivity contribution in [2.24, 2.45) is 7.05 Å². The Morgan fingerprint density at radius 2 is 2.08 bits per heavy atom. The molecule has 2 heterocycles. The number of hydrogen-bond acceptors (Lipinski definition) is 5. The van der Waals surface area contributed by atoms with E-state index in [9.17, 15) is 4.79 Å². The molecule has 130 valence electrons. The summed E-state index contributed by atoms with van der Waals surface area (Å²) in [5.41, 5.74) is 3.06. The van der Waals surface area contributed by atoms with Gasteiger partial charge >= 0.3 is 0 Å². The lowest BCUT2D eigenvalue weighted by atomic mass is 10.1. The number of carbonyl (C=O) groups is 1. The maximum Gasteiger partial charge on any atom is 0.234 e. The summed E-state index contributed by atoms with van der Waals surface area (Å²) in [5, 5.41) is 11.8. The first-order valence-electron chi connectivity index (χ1n) is 7.58. The Morgan fingerprint density at radius 3 is 2.80 bits per heavy atom. The smallest absolute Gasteiger partial charge is 0.234 e. The van der Waals surface area contributed by atoms with E-state index in [1.807, 2.05) is 43.7 Å². The molecule has 0 radical (unpaired) electrons. The number of nitrogens with zero attached hydrogens (tertiary/aromatic N) is 3. The number of halogens is 1. The Kier molecular flexibility index (Phi) is 5.29. The van der Waals surface area contributed by atoms with E-state index in [4.69, 9.17) is 4.42 Å². The second kappa shape index (κ2) is 7.45. The molecule has 0 aliphatic heterocycles. The molecule has 0 fully saturated rings. The molecule has 3 aromatic rings. The van der Waals surface area contributed by atoms with Crippen LogP contribution in [0.1, 0.15) is 11.1 Å². The number of furan rings is 1. The molecular formula is C17H17BrN4O2S. The van der Waals surface area contributed by atoms with Crippen LogP contribution >= 0.6 is 27.7 Å². The average molecular weight is 421 g/mol. The van der Waals surface area contributed by atoms with E-state index in [1.54, 1.807) is 12.3 Å². The van der Waals surface area contributed by atoms with Gasteiger partial charge in [0, 0.05) is 11.5 Å². The van der Waals surface area contributed by atoms with E-state index in [0.29, 0.717) is 16.7 Å². The second-order valence-electron chi connectivity index (χ2n) is 5.60. The standard InChI is InChI=1S/C17H17BrN4O2S/c1-10-7-12(18)13(8-11(10)2)19-15(23)9-25-17-21-20-16(22(17)3)14-5-4-6-24-14/h4-8H,9H2,1-3H3,(H,19,23). The summed E-state index contributed by atoms with van der Waals surface area (Å²) in [7, 11) is 1.85. The summed E-state index contributed by atoms with van der Waals surface area (Å²) in [6.07, 6.45) is 1.59. The third-order valence-corrected chi connectivity index (χ3v) is 5.44. The van der Waals surface area contributed by atoms with Gasteiger partial charge < -0.3 is 14.3 Å². The van der Waals surface area contributed by atoms with Crippen molar-refractivity contribution in [3.05, 3.63) is 46.1 Å². The van der Waals surface area contributed by atoms with Gasteiger partial charge in [0.25, 0.3) is 0 Å². The number of nitrogens with one attached hydrogen (secondary N) is 1. The number of anilines is 1. The Hall–Kier alpha value is -2.06. The lowest BCUT2D eigenvalue weighted by molar-refractivity contribution is -0.113. The van der Waals surface area contributed by atoms with Crippen LogP contribution in [0.2, 0.25) is 0 Å². The maximum absolute atomic E-state index is 12.3. The van der Waals surface area contributed by atoms with E-state index in [1.165, 1.54) is 17.3 Å². The van der Waals surface area contributed by atoms with Crippen LogP contribution in [0, 0.1) is 13.8 Å². The minimum absolute atomic E-state index is 0.100. The SMILES string of the molecule is Cc1cc(Br)c(NC(=O)CSc2nnc(-c3ccco3)n2C)cc1C. The highest BCUT2D eigenvalue weighted by molar-refractivity contribution is 9.10. The predicted octanol–water partition coefficient (Wildman–Crippen LogP) is 4.19. The Balaban J connectivity index is 1.64. The van der Waals surface area contributed by atoms with Crippen LogP contribution in [-0.2, 0) is 11.8 Å². The first-order chi connectivity index (χ1) is 12.0. The third-order valence-electron chi connectivity index (χ3n) is 3.77. The lowest BCUT2D eigenvalue weighted by Crippen LogP contribution is -2.15. The number of thioether (sulfide) groups is 1. The van der Waals surface area contributed by atoms with Crippen molar-refractivity contribution in [3.8, 4) is 11.6 Å². The minimum atomic E-state index is -0.100. The summed E-state index contributed by atoms with van der Waals surface area (Å²) in [6, 6.07) is 7.57. The normalized spacial score (nSPS) is 10.9. The van der Waals surface area contributed by atoms with Crippen molar-refractivity contribution in [2.45, 2.75) is 19.0 Å². The van der Waals surface area contributed by atoms with Gasteiger partial charge in [0.1, 0.15) is 0 Å². The fourth-order valence-electron chi connectivity index (χ4n) is 2.25. The predicted molar refractivity (Wildman–Crippen MR) is 102 cm³/mol. The van der Waals surface area contributed by atoms with E-state index in [0.717, 1.165) is 15.7 Å². The highest BCUT2D eigenvalue weighted by Crippen LogP contribution is 2.27. The van der Waals surface area contributed by atoms with Gasteiger partial charge in [0.2, 0.25) is 5.91 Å². The maximum atomic E-state index is 12.3. The number of aryl methyl sites for hydroxylation is 2. The van der Waals surface area contributed by atoms with Crippen LogP contribution in [0.15, 0.2) is 44.6 Å². The fraction of sp³-hybridized carbons (Fsp3) is 0.235. The Bertz CT molecular complexity index is 906. The van der Waals surface area contributed by atoms with Crippen LogP contribution in [0.5, 0.6) is 0 Å². The quantitative estimate of drug-likeness (QED) is 0.626. The molecule has 0 aliphatic rings. The molecule has 1 amide bonds. The van der Waals surface area contributed by atoms with E-state index in [-0.39, 0.29) is 11.7 Å². The van der Waals surface area contributed by atoms with Crippen LogP contribution in [0.3, 0.4) is 0 Å². The van der Waals surface area contributed by atoms with E-state index >= 15 is 0 Å². The van der Waals surface area contributed by atoms with Gasteiger partial charge in [-0.3, -0.25) is 4.79 Å². The molecule has 6 nitrogen and oxygen atoms in total. The van der Waals surface area contributed by atoms with Gasteiger partial charge in [-0.05, 0) is 65.2 Å². The molecule has 0 unspecified atom stereocenters. The van der Waals surface area contributed by atoms with Crippen LogP contribution < -0.4 is 5.32 Å². The number of rotatable bonds is 5. The van der Waals surface area contributed by atoms with Gasteiger partial charge in [0.05, 0.1) is 17.7 Å². The third kappa shape index (κ3) is 3.96. The van der Waals surface area contributed by atoms with Gasteiger partial charge in [-0.15, -0.1) is 10.2 Å². The fourth-order valence-corrected chi connectivity index (χ4v) is 3.52. The molecule has 25 heavy (non-hydrogen) atoms. The molecule has 3 rings (SSSR count). The van der Waals surface area contributed by atoms with Gasteiger partial charge in [0.15, 0.2) is 16.7 Å². The van der Waals surface area contributed by atoms with Gasteiger partial charge in [-0.1, -0.05) is 11.8 Å². The van der Waals surface area contributed by atoms with Crippen molar-refractivity contribution >= 4 is 39.3 Å². The molecular weight excluding hydrogens is 404 g/mol. The van der Waals surface area contributed by atoms with Crippen LogP contribution in [0.4, 0.5) is 5.69 Å². The van der Waals surface area contributed by atoms with Gasteiger partial charge in [-0.25, -0.2) is 0 Å². The van der Waals surface area contributed by atoms with Crippen LogP contribution in [-0.4, -0.2) is 26.4 Å². The first kappa shape index (κ1) is 17.8. The minimum Gasteiger partial charge on any atom is -0.461 e. The number of benzene rings is 1. The molecule has 0 spiro atoms. The number of carbonyl (C=O) groups excluding carboxylic acids is 1. The summed E-state index contributed by atoms with van der Waals surface area (Å²) in [5.74, 6) is 1.41. The second-order valence-corrected chi connectivity index (χ2v) is 7.39. The average Bonchev–Trinajstić information content (AvgIpc) is 3.20. The summed E-state index contributed by atoms with van der Waals surface area (Å²) in [6.45, 7) is 4.05. The molecule has 0 atom stereocenters. The molecule has 0 aliphatic carbocycles. The first-order valence-corrected chi connectivity index (χ1v) is 9.36. The van der Waals surface area contributed by atoms with Crippen molar-refractivity contribution < 1.29 is 9.21 Å². The summed E-state index contributed by atoms with van der Waals surface area (Å²) < 4.78 is 8.01. The summed E-state index contributed by atoms with van der Waals surface area (Å²) in [4.78, 5) is 12.3. The lowest BCUT2D eigenvalue weighted by Gasteiger charge is -2.10. The summed E-state index contributed by atoms with van der Waals surface area (Å²) >= 11 is 4.81. The molecule has 8 heteroatoms. The van der Waals surface area contributed by atoms with Crippen molar-refractivity contribution in [1.82, 2.24) is 14.8 Å². The zero-order chi connectivity index (χ0) is 18.0. The van der Waals surface area contributed by atoms with Crippen molar-refractivity contribution in [3.63, 3.8) is 0 Å². The number of hydrogen-bond donors (Lipinski definition) is 1. The number of aromatic nitrogens is 3. The van der Waals surface area contributed by atoms with Crippen molar-refractivity contribution in [2.75, 3.05) is 11.1 Å². The monoisotopic (exact) mass is 420 g/mol. The molecule has 0 saturated heterocycles. The van der Waals surface area contributed by atoms with E-state index in [2.05, 4.69) is 31.4 Å². The molecule has 2 aromatic heterocycles. The number of amides is 1. The molecule has 1 N–H and O–H groups in total. The highest BCUT2D eigenvalue weighted by Gasteiger charge is 2.15. The van der Waals surface area contributed by atoms with Gasteiger partial charge in [-0.2, -0.15) is 0 Å². The zero-order valence-corrected chi connectivity index (χ0v) is 16.4. The molecule has 0 bridgehead atoms. The Labute approximate surface area is 158 Å². The highest BCUT2D eigenvalue weighted by atomic mass is 79.9. The molecule has 1 aromatic carbocycles. The topological polar surface area (TPSA) is 73.0 Å². The van der Waals surface area contributed by atoms with Crippen molar-refractivity contribution in [1.29, 1.82) is 0 Å². The molecule has 0 saturated carbocycles. The largest absolute Gasteiger partial charge is 0.461 e.